The van der Waals surface area contributed by atoms with E-state index in [1.54, 1.807) is 50.2 Å². The fraction of sp³-hybridized carbons (Fsp3) is 0.250. The maximum Gasteiger partial charge on any atom is 0.310 e. The molecule has 4 rings (SSSR count). The van der Waals surface area contributed by atoms with Crippen LogP contribution in [0.3, 0.4) is 0 Å². The first-order valence-electron chi connectivity index (χ1n) is 11.5. The number of amides is 1. The lowest BCUT2D eigenvalue weighted by Crippen LogP contribution is -2.29. The van der Waals surface area contributed by atoms with Crippen LogP contribution >= 0.6 is 11.3 Å². The van der Waals surface area contributed by atoms with Crippen LogP contribution in [0.4, 0.5) is 5.69 Å². The average Bonchev–Trinajstić information content (AvgIpc) is 3.46. The Bertz CT molecular complexity index is 1260. The summed E-state index contributed by atoms with van der Waals surface area (Å²) in [5, 5.41) is 13.0. The number of hydrogen-bond acceptors (Lipinski definition) is 6. The number of aryl methyl sites for hydroxylation is 1. The summed E-state index contributed by atoms with van der Waals surface area (Å²) in [4.78, 5) is 40.6. The minimum absolute atomic E-state index is 0.0614. The van der Waals surface area contributed by atoms with Crippen molar-refractivity contribution in [3.63, 3.8) is 0 Å². The molecule has 2 aromatic carbocycles. The van der Waals surface area contributed by atoms with Crippen LogP contribution in [-0.2, 0) is 32.0 Å². The van der Waals surface area contributed by atoms with Crippen LogP contribution in [0.5, 0.6) is 0 Å². The van der Waals surface area contributed by atoms with Gasteiger partial charge in [-0.25, -0.2) is 0 Å². The number of thiophene rings is 1. The number of benzene rings is 2. The first kappa shape index (κ1) is 24.4. The molecule has 1 atom stereocenters. The third-order valence-electron chi connectivity index (χ3n) is 5.82. The van der Waals surface area contributed by atoms with E-state index in [0.717, 1.165) is 22.4 Å². The largest absolute Gasteiger partial charge is 0.507 e. The molecule has 6 nitrogen and oxygen atoms in total. The van der Waals surface area contributed by atoms with Gasteiger partial charge in [0.2, 0.25) is 0 Å². The van der Waals surface area contributed by atoms with E-state index in [1.807, 2.05) is 36.6 Å². The van der Waals surface area contributed by atoms with Gasteiger partial charge in [-0.15, -0.1) is 11.3 Å². The maximum absolute atomic E-state index is 13.2. The Morgan fingerprint density at radius 3 is 2.26 bits per heavy atom. The molecule has 0 radical (unpaired) electrons. The lowest BCUT2D eigenvalue weighted by Gasteiger charge is -2.24. The van der Waals surface area contributed by atoms with Crippen molar-refractivity contribution in [1.29, 1.82) is 0 Å². The van der Waals surface area contributed by atoms with Crippen LogP contribution in [0.15, 0.2) is 71.6 Å². The standard InChI is InChI=1S/C28H27NO5S/c1-4-18-7-11-20(12-8-18)26(31)24-25(22-6-5-15-35-22)29(28(33)27(24)32)21-13-9-19(10-14-21)16-23(30)34-17(2)3/h5-15,17,25,31H,4,16H2,1-3H3/b26-24-. The van der Waals surface area contributed by atoms with Gasteiger partial charge in [0.15, 0.2) is 0 Å². The van der Waals surface area contributed by atoms with Crippen LogP contribution in [0.2, 0.25) is 0 Å². The third-order valence-corrected chi connectivity index (χ3v) is 6.75. The summed E-state index contributed by atoms with van der Waals surface area (Å²) in [5.41, 5.74) is 2.90. The Morgan fingerprint density at radius 1 is 1.03 bits per heavy atom. The number of hydrogen-bond donors (Lipinski definition) is 1. The maximum atomic E-state index is 13.2. The molecule has 0 spiro atoms. The molecule has 35 heavy (non-hydrogen) atoms. The average molecular weight is 490 g/mol. The Labute approximate surface area is 208 Å². The van der Waals surface area contributed by atoms with Gasteiger partial charge < -0.3 is 9.84 Å². The van der Waals surface area contributed by atoms with Crippen LogP contribution in [-0.4, -0.2) is 28.9 Å². The Morgan fingerprint density at radius 2 is 1.69 bits per heavy atom. The lowest BCUT2D eigenvalue weighted by molar-refractivity contribution is -0.146. The van der Waals surface area contributed by atoms with Gasteiger partial charge in [-0.05, 0) is 55.0 Å². The number of rotatable bonds is 7. The number of carbonyl (C=O) groups excluding carboxylic acids is 3. The molecule has 180 valence electrons. The molecule has 1 amide bonds. The SMILES string of the molecule is CCc1ccc(/C(O)=C2/C(=O)C(=O)N(c3ccc(CC(=O)OC(C)C)cc3)C2c2cccs2)cc1. The van der Waals surface area contributed by atoms with Crippen molar-refractivity contribution in [2.75, 3.05) is 4.90 Å². The van der Waals surface area contributed by atoms with Crippen LogP contribution < -0.4 is 4.90 Å². The molecule has 7 heteroatoms. The van der Waals surface area contributed by atoms with E-state index < -0.39 is 17.7 Å². The molecule has 0 bridgehead atoms. The Balaban J connectivity index is 1.72. The topological polar surface area (TPSA) is 83.9 Å². The van der Waals surface area contributed by atoms with E-state index in [2.05, 4.69) is 0 Å². The first-order valence-corrected chi connectivity index (χ1v) is 12.4. The molecule has 0 aliphatic carbocycles. The first-order chi connectivity index (χ1) is 16.8. The number of esters is 1. The second-order valence-electron chi connectivity index (χ2n) is 8.62. The second-order valence-corrected chi connectivity index (χ2v) is 9.60. The van der Waals surface area contributed by atoms with E-state index in [0.29, 0.717) is 11.3 Å². The zero-order chi connectivity index (χ0) is 25.1. The molecule has 1 aliphatic heterocycles. The van der Waals surface area contributed by atoms with Crippen LogP contribution in [0.1, 0.15) is 48.4 Å². The molecule has 0 saturated carbocycles. The number of anilines is 1. The van der Waals surface area contributed by atoms with Crippen molar-refractivity contribution in [3.8, 4) is 0 Å². The van der Waals surface area contributed by atoms with Crippen LogP contribution in [0.25, 0.3) is 5.76 Å². The molecule has 1 saturated heterocycles. The lowest BCUT2D eigenvalue weighted by atomic mass is 9.99. The molecule has 2 heterocycles. The molecule has 1 aliphatic rings. The van der Waals surface area contributed by atoms with Crippen molar-refractivity contribution in [2.24, 2.45) is 0 Å². The van der Waals surface area contributed by atoms with Crippen LogP contribution in [0, 0.1) is 0 Å². The molecular formula is C28H27NO5S. The second kappa shape index (κ2) is 10.3. The fourth-order valence-electron chi connectivity index (χ4n) is 4.11. The minimum atomic E-state index is -0.752. The highest BCUT2D eigenvalue weighted by atomic mass is 32.1. The van der Waals surface area contributed by atoms with Gasteiger partial charge in [0.25, 0.3) is 11.7 Å². The monoisotopic (exact) mass is 489 g/mol. The molecule has 1 fully saturated rings. The smallest absolute Gasteiger partial charge is 0.310 e. The summed E-state index contributed by atoms with van der Waals surface area (Å²) >= 11 is 1.41. The predicted octanol–water partition coefficient (Wildman–Crippen LogP) is 5.43. The highest BCUT2D eigenvalue weighted by molar-refractivity contribution is 7.10. The van der Waals surface area contributed by atoms with Gasteiger partial charge >= 0.3 is 5.97 Å². The summed E-state index contributed by atoms with van der Waals surface area (Å²) in [6.07, 6.45) is 0.767. The van der Waals surface area contributed by atoms with Gasteiger partial charge in [0.05, 0.1) is 18.1 Å². The normalized spacial score (nSPS) is 17.3. The van der Waals surface area contributed by atoms with E-state index in [-0.39, 0.29) is 29.8 Å². The molecule has 1 N–H and O–H groups in total. The van der Waals surface area contributed by atoms with Gasteiger partial charge in [-0.2, -0.15) is 0 Å². The van der Waals surface area contributed by atoms with E-state index in [9.17, 15) is 19.5 Å². The zero-order valence-electron chi connectivity index (χ0n) is 19.9. The van der Waals surface area contributed by atoms with Crippen molar-refractivity contribution in [1.82, 2.24) is 0 Å². The van der Waals surface area contributed by atoms with E-state index in [4.69, 9.17) is 4.74 Å². The van der Waals surface area contributed by atoms with Gasteiger partial charge in [0.1, 0.15) is 11.8 Å². The van der Waals surface area contributed by atoms with Gasteiger partial charge in [0, 0.05) is 16.1 Å². The molecule has 3 aromatic rings. The zero-order valence-corrected chi connectivity index (χ0v) is 20.7. The predicted molar refractivity (Wildman–Crippen MR) is 136 cm³/mol. The van der Waals surface area contributed by atoms with Crippen molar-refractivity contribution < 1.29 is 24.2 Å². The number of ketones is 1. The summed E-state index contributed by atoms with van der Waals surface area (Å²) in [7, 11) is 0. The van der Waals surface area contributed by atoms with Crippen molar-refractivity contribution in [3.05, 3.63) is 93.2 Å². The summed E-state index contributed by atoms with van der Waals surface area (Å²) < 4.78 is 5.20. The van der Waals surface area contributed by atoms with Crippen molar-refractivity contribution >= 4 is 40.4 Å². The number of aliphatic hydroxyl groups is 1. The van der Waals surface area contributed by atoms with E-state index >= 15 is 0 Å². The Hall–Kier alpha value is -3.71. The number of nitrogens with zero attached hydrogens (tertiary/aromatic N) is 1. The summed E-state index contributed by atoms with van der Waals surface area (Å²) in [6.45, 7) is 5.62. The van der Waals surface area contributed by atoms with E-state index in [1.165, 1.54) is 16.2 Å². The Kier molecular flexibility index (Phi) is 7.17. The number of carbonyl (C=O) groups is 3. The highest BCUT2D eigenvalue weighted by Gasteiger charge is 2.47. The summed E-state index contributed by atoms with van der Waals surface area (Å²) in [5.74, 6) is -1.96. The number of Topliss-reactive ketones (excluding diaryl/α,β-unsaturated/α-hetero) is 1. The fourth-order valence-corrected chi connectivity index (χ4v) is 4.94. The van der Waals surface area contributed by atoms with Gasteiger partial charge in [-0.1, -0.05) is 49.4 Å². The number of ether oxygens (including phenoxy) is 1. The molecule has 1 unspecified atom stereocenters. The minimum Gasteiger partial charge on any atom is -0.507 e. The highest BCUT2D eigenvalue weighted by Crippen LogP contribution is 2.43. The quantitative estimate of drug-likeness (QED) is 0.207. The number of aliphatic hydroxyl groups excluding tert-OH is 1. The molecular weight excluding hydrogens is 462 g/mol. The van der Waals surface area contributed by atoms with Gasteiger partial charge in [-0.3, -0.25) is 19.3 Å². The van der Waals surface area contributed by atoms with Crippen molar-refractivity contribution in [2.45, 2.75) is 45.8 Å². The third kappa shape index (κ3) is 5.05. The summed E-state index contributed by atoms with van der Waals surface area (Å²) in [6, 6.07) is 17.2. The molecule has 1 aromatic heterocycles.